The fourth-order valence-corrected chi connectivity index (χ4v) is 3.46. The van der Waals surface area contributed by atoms with Gasteiger partial charge in [-0.2, -0.15) is 0 Å². The summed E-state index contributed by atoms with van der Waals surface area (Å²) in [6, 6.07) is 6.14. The first kappa shape index (κ1) is 24.0. The summed E-state index contributed by atoms with van der Waals surface area (Å²) in [7, 11) is 5.19. The highest BCUT2D eigenvalue weighted by Gasteiger charge is 2.22. The van der Waals surface area contributed by atoms with Crippen LogP contribution >= 0.6 is 24.0 Å². The van der Waals surface area contributed by atoms with E-state index in [-0.39, 0.29) is 24.0 Å². The molecule has 0 atom stereocenters. The van der Waals surface area contributed by atoms with Gasteiger partial charge in [0.05, 0.1) is 20.8 Å². The maximum Gasteiger partial charge on any atom is 0.193 e. The van der Waals surface area contributed by atoms with Crippen LogP contribution in [-0.4, -0.2) is 83.0 Å². The zero-order chi connectivity index (χ0) is 19.8. The number of benzene rings is 1. The van der Waals surface area contributed by atoms with E-state index >= 15 is 0 Å². The van der Waals surface area contributed by atoms with Gasteiger partial charge < -0.3 is 24.4 Å². The third-order valence-corrected chi connectivity index (χ3v) is 5.32. The smallest absolute Gasteiger partial charge is 0.193 e. The molecule has 0 aromatic heterocycles. The van der Waals surface area contributed by atoms with Gasteiger partial charge in [0.25, 0.3) is 0 Å². The van der Waals surface area contributed by atoms with E-state index in [9.17, 15) is 0 Å². The van der Waals surface area contributed by atoms with Crippen molar-refractivity contribution in [3.63, 3.8) is 0 Å². The Morgan fingerprint density at radius 3 is 2.45 bits per heavy atom. The lowest BCUT2D eigenvalue weighted by Crippen LogP contribution is -2.52. The topological polar surface area (TPSA) is 58.6 Å². The Hall–Kier alpha value is -1.26. The fourth-order valence-electron chi connectivity index (χ4n) is 3.46. The van der Waals surface area contributed by atoms with Gasteiger partial charge in [0.15, 0.2) is 17.5 Å². The summed E-state index contributed by atoms with van der Waals surface area (Å²) >= 11 is 0. The summed E-state index contributed by atoms with van der Waals surface area (Å²) < 4.78 is 16.4. The van der Waals surface area contributed by atoms with Crippen LogP contribution in [-0.2, 0) is 11.3 Å². The Labute approximate surface area is 191 Å². The number of rotatable bonds is 9. The molecule has 0 amide bonds. The van der Waals surface area contributed by atoms with Crippen LogP contribution in [0.2, 0.25) is 0 Å². The predicted molar refractivity (Wildman–Crippen MR) is 127 cm³/mol. The molecule has 164 valence electrons. The Kier molecular flexibility index (Phi) is 10.3. The first-order chi connectivity index (χ1) is 13.7. The van der Waals surface area contributed by atoms with Crippen LogP contribution in [0.3, 0.4) is 0 Å². The molecule has 3 rings (SSSR count). The Balaban J connectivity index is 0.00000300. The van der Waals surface area contributed by atoms with Crippen LogP contribution in [0.15, 0.2) is 23.2 Å². The molecule has 0 spiro atoms. The number of methoxy groups -OCH3 is 2. The number of hydrogen-bond donors (Lipinski definition) is 1. The lowest BCUT2D eigenvalue weighted by Gasteiger charge is -2.36. The molecule has 0 bridgehead atoms. The second-order valence-corrected chi connectivity index (χ2v) is 7.44. The van der Waals surface area contributed by atoms with Crippen molar-refractivity contribution in [3.05, 3.63) is 23.8 Å². The molecule has 1 aliphatic carbocycles. The second-order valence-electron chi connectivity index (χ2n) is 7.44. The van der Waals surface area contributed by atoms with E-state index < -0.39 is 0 Å². The molecular formula is C21H35IN4O3. The summed E-state index contributed by atoms with van der Waals surface area (Å²) in [5.74, 6) is 3.35. The van der Waals surface area contributed by atoms with E-state index in [4.69, 9.17) is 14.2 Å². The molecule has 7 nitrogen and oxygen atoms in total. The van der Waals surface area contributed by atoms with Crippen molar-refractivity contribution in [1.82, 2.24) is 15.1 Å². The minimum Gasteiger partial charge on any atom is -0.493 e. The van der Waals surface area contributed by atoms with E-state index in [0.717, 1.165) is 75.9 Å². The SMILES string of the molecule is CN=C(NCCOCC1CC1)N1CCN(Cc2ccc(OC)c(OC)c2)CC1.I. The quantitative estimate of drug-likeness (QED) is 0.235. The molecule has 2 aliphatic rings. The minimum absolute atomic E-state index is 0. The van der Waals surface area contributed by atoms with Crippen LogP contribution in [0.5, 0.6) is 11.5 Å². The van der Waals surface area contributed by atoms with Gasteiger partial charge in [0.2, 0.25) is 0 Å². The number of halogens is 1. The summed E-state index contributed by atoms with van der Waals surface area (Å²) in [4.78, 5) is 9.22. The monoisotopic (exact) mass is 518 g/mol. The zero-order valence-corrected chi connectivity index (χ0v) is 20.2. The lowest BCUT2D eigenvalue weighted by molar-refractivity contribution is 0.127. The Bertz CT molecular complexity index is 647. The molecule has 1 heterocycles. The van der Waals surface area contributed by atoms with Gasteiger partial charge in [-0.1, -0.05) is 6.07 Å². The van der Waals surface area contributed by atoms with Crippen molar-refractivity contribution in [1.29, 1.82) is 0 Å². The number of aliphatic imine (C=N–C) groups is 1. The van der Waals surface area contributed by atoms with Gasteiger partial charge in [-0.15, -0.1) is 24.0 Å². The van der Waals surface area contributed by atoms with Crippen molar-refractivity contribution in [3.8, 4) is 11.5 Å². The average Bonchev–Trinajstić information content (AvgIpc) is 3.56. The van der Waals surface area contributed by atoms with Crippen LogP contribution < -0.4 is 14.8 Å². The predicted octanol–water partition coefficient (Wildman–Crippen LogP) is 2.44. The van der Waals surface area contributed by atoms with Gasteiger partial charge in [-0.3, -0.25) is 9.89 Å². The summed E-state index contributed by atoms with van der Waals surface area (Å²) in [5, 5.41) is 3.43. The number of nitrogens with zero attached hydrogens (tertiary/aromatic N) is 3. The maximum absolute atomic E-state index is 5.70. The highest BCUT2D eigenvalue weighted by atomic mass is 127. The molecule has 8 heteroatoms. The molecule has 1 saturated heterocycles. The van der Waals surface area contributed by atoms with E-state index in [0.29, 0.717) is 0 Å². The van der Waals surface area contributed by atoms with E-state index in [1.807, 2.05) is 13.1 Å². The molecule has 1 N–H and O–H groups in total. The van der Waals surface area contributed by atoms with Crippen LogP contribution in [0.1, 0.15) is 18.4 Å². The van der Waals surface area contributed by atoms with Crippen LogP contribution in [0.25, 0.3) is 0 Å². The second kappa shape index (κ2) is 12.4. The van der Waals surface area contributed by atoms with E-state index in [1.54, 1.807) is 14.2 Å². The molecule has 29 heavy (non-hydrogen) atoms. The van der Waals surface area contributed by atoms with E-state index in [2.05, 4.69) is 32.2 Å². The van der Waals surface area contributed by atoms with Crippen molar-refractivity contribution >= 4 is 29.9 Å². The van der Waals surface area contributed by atoms with Gasteiger partial charge >= 0.3 is 0 Å². The Morgan fingerprint density at radius 1 is 1.10 bits per heavy atom. The number of ether oxygens (including phenoxy) is 3. The third-order valence-electron chi connectivity index (χ3n) is 5.32. The maximum atomic E-state index is 5.70. The first-order valence-electron chi connectivity index (χ1n) is 10.2. The normalized spacial score (nSPS) is 17.6. The van der Waals surface area contributed by atoms with Crippen LogP contribution in [0.4, 0.5) is 0 Å². The van der Waals surface area contributed by atoms with Crippen LogP contribution in [0, 0.1) is 5.92 Å². The number of guanidine groups is 1. The number of hydrogen-bond acceptors (Lipinski definition) is 5. The summed E-state index contributed by atoms with van der Waals surface area (Å²) in [6.45, 7) is 7.33. The molecular weight excluding hydrogens is 483 g/mol. The molecule has 1 saturated carbocycles. The molecule has 1 aromatic rings. The van der Waals surface area contributed by atoms with Crippen molar-refractivity contribution in [2.45, 2.75) is 19.4 Å². The fraction of sp³-hybridized carbons (Fsp3) is 0.667. The van der Waals surface area contributed by atoms with Gasteiger partial charge in [-0.25, -0.2) is 0 Å². The molecule has 1 aromatic carbocycles. The molecule has 1 aliphatic heterocycles. The van der Waals surface area contributed by atoms with E-state index in [1.165, 1.54) is 18.4 Å². The summed E-state index contributed by atoms with van der Waals surface area (Å²) in [6.07, 6.45) is 2.67. The molecule has 2 fully saturated rings. The zero-order valence-electron chi connectivity index (χ0n) is 17.9. The third kappa shape index (κ3) is 7.49. The summed E-state index contributed by atoms with van der Waals surface area (Å²) in [5.41, 5.74) is 1.24. The Morgan fingerprint density at radius 2 is 1.83 bits per heavy atom. The lowest BCUT2D eigenvalue weighted by atomic mass is 10.1. The van der Waals surface area contributed by atoms with Crippen molar-refractivity contribution in [2.24, 2.45) is 10.9 Å². The number of piperazine rings is 1. The van der Waals surface area contributed by atoms with Gasteiger partial charge in [0, 0.05) is 52.9 Å². The number of nitrogens with one attached hydrogen (secondary N) is 1. The largest absolute Gasteiger partial charge is 0.493 e. The average molecular weight is 518 g/mol. The van der Waals surface area contributed by atoms with Crippen molar-refractivity contribution < 1.29 is 14.2 Å². The van der Waals surface area contributed by atoms with Crippen molar-refractivity contribution in [2.75, 3.05) is 67.2 Å². The van der Waals surface area contributed by atoms with Gasteiger partial charge in [-0.05, 0) is 36.5 Å². The highest BCUT2D eigenvalue weighted by molar-refractivity contribution is 14.0. The molecule has 0 unspecified atom stereocenters. The standard InChI is InChI=1S/C21H34N4O3.HI/c1-22-21(23-8-13-28-16-17-4-5-17)25-11-9-24(10-12-25)15-18-6-7-19(26-2)20(14-18)27-3;/h6-7,14,17H,4-5,8-13,15-16H2,1-3H3,(H,22,23);1H. The highest BCUT2D eigenvalue weighted by Crippen LogP contribution is 2.29. The molecule has 0 radical (unpaired) electrons. The first-order valence-corrected chi connectivity index (χ1v) is 10.2. The van der Waals surface area contributed by atoms with Gasteiger partial charge in [0.1, 0.15) is 0 Å². The minimum atomic E-state index is 0.